The molecule has 0 bridgehead atoms. The molecule has 0 unspecified atom stereocenters. The van der Waals surface area contributed by atoms with E-state index >= 15 is 0 Å². The van der Waals surface area contributed by atoms with Gasteiger partial charge in [-0.05, 0) is 44.0 Å². The fourth-order valence-electron chi connectivity index (χ4n) is 4.48. The summed E-state index contributed by atoms with van der Waals surface area (Å²) in [5.74, 6) is -0.587. The summed E-state index contributed by atoms with van der Waals surface area (Å²) in [4.78, 5) is 0. The van der Waals surface area contributed by atoms with E-state index in [1.807, 2.05) is 0 Å². The maximum Gasteiger partial charge on any atom is 0.170 e. The van der Waals surface area contributed by atoms with Crippen molar-refractivity contribution in [2.75, 3.05) is 18.9 Å². The first-order valence-corrected chi connectivity index (χ1v) is 14.8. The van der Waals surface area contributed by atoms with Gasteiger partial charge in [0.05, 0.1) is 12.7 Å². The Bertz CT molecular complexity index is 1080. The van der Waals surface area contributed by atoms with Gasteiger partial charge in [-0.2, -0.15) is 0 Å². The number of rotatable bonds is 8. The third-order valence-electron chi connectivity index (χ3n) is 6.09. The molecule has 1 fully saturated rings. The van der Waals surface area contributed by atoms with Crippen molar-refractivity contribution < 1.29 is 9.47 Å². The van der Waals surface area contributed by atoms with E-state index in [1.54, 1.807) is 0 Å². The zero-order valence-corrected chi connectivity index (χ0v) is 21.2. The predicted octanol–water partition coefficient (Wildman–Crippen LogP) is 5.38. The van der Waals surface area contributed by atoms with Gasteiger partial charge < -0.3 is 9.47 Å². The first kappa shape index (κ1) is 23.4. The van der Waals surface area contributed by atoms with Gasteiger partial charge in [0.15, 0.2) is 5.79 Å². The van der Waals surface area contributed by atoms with Gasteiger partial charge in [0.25, 0.3) is 0 Å². The molecule has 0 radical (unpaired) electrons. The van der Waals surface area contributed by atoms with Crippen LogP contribution in [0.5, 0.6) is 0 Å². The molecule has 2 atom stereocenters. The van der Waals surface area contributed by atoms with Crippen molar-refractivity contribution in [3.05, 3.63) is 121 Å². The lowest BCUT2D eigenvalue weighted by Gasteiger charge is -2.30. The van der Waals surface area contributed by atoms with E-state index in [9.17, 15) is 0 Å². The quantitative estimate of drug-likeness (QED) is 0.313. The largest absolute Gasteiger partial charge is 0.347 e. The van der Waals surface area contributed by atoms with Crippen LogP contribution >= 0.6 is 15.8 Å². The molecule has 4 aromatic rings. The first-order valence-electron chi connectivity index (χ1n) is 11.8. The van der Waals surface area contributed by atoms with Crippen molar-refractivity contribution in [3.63, 3.8) is 0 Å². The Morgan fingerprint density at radius 3 is 1.41 bits per heavy atom. The minimum Gasteiger partial charge on any atom is -0.347 e. The summed E-state index contributed by atoms with van der Waals surface area (Å²) >= 11 is 0. The van der Waals surface area contributed by atoms with Crippen LogP contribution in [0.3, 0.4) is 0 Å². The van der Waals surface area contributed by atoms with Gasteiger partial charge in [0.2, 0.25) is 0 Å². The molecule has 0 spiro atoms. The zero-order valence-electron chi connectivity index (χ0n) is 19.5. The van der Waals surface area contributed by atoms with Gasteiger partial charge >= 0.3 is 0 Å². The Balaban J connectivity index is 1.35. The van der Waals surface area contributed by atoms with Crippen molar-refractivity contribution in [3.8, 4) is 0 Å². The molecule has 2 nitrogen and oxygen atoms in total. The average molecular weight is 485 g/mol. The van der Waals surface area contributed by atoms with Crippen LogP contribution in [0.25, 0.3) is 0 Å². The summed E-state index contributed by atoms with van der Waals surface area (Å²) in [7, 11) is -1.09. The summed E-state index contributed by atoms with van der Waals surface area (Å²) in [6, 6.07) is 43.3. The molecule has 1 aliphatic rings. The van der Waals surface area contributed by atoms with E-state index in [0.717, 1.165) is 12.3 Å². The molecular weight excluding hydrogens is 454 g/mol. The lowest BCUT2D eigenvalue weighted by atomic mass is 10.4. The molecule has 0 aliphatic carbocycles. The lowest BCUT2D eigenvalue weighted by Crippen LogP contribution is -2.34. The Morgan fingerprint density at radius 2 is 1.00 bits per heavy atom. The van der Waals surface area contributed by atoms with E-state index in [0.29, 0.717) is 6.61 Å². The summed E-state index contributed by atoms with van der Waals surface area (Å²) in [6.45, 7) is 2.77. The minimum atomic E-state index is -0.587. The van der Waals surface area contributed by atoms with E-state index in [-0.39, 0.29) is 6.10 Å². The molecule has 4 heteroatoms. The molecule has 1 saturated heterocycles. The summed E-state index contributed by atoms with van der Waals surface area (Å²) in [5.41, 5.74) is 0. The molecule has 0 aromatic heterocycles. The van der Waals surface area contributed by atoms with Gasteiger partial charge in [0, 0.05) is 12.3 Å². The van der Waals surface area contributed by atoms with E-state index < -0.39 is 21.6 Å². The Morgan fingerprint density at radius 1 is 0.618 bits per heavy atom. The first-order chi connectivity index (χ1) is 16.7. The van der Waals surface area contributed by atoms with E-state index in [2.05, 4.69) is 128 Å². The van der Waals surface area contributed by atoms with Crippen LogP contribution in [0.15, 0.2) is 121 Å². The van der Waals surface area contributed by atoms with Crippen LogP contribution in [0.1, 0.15) is 6.92 Å². The van der Waals surface area contributed by atoms with Crippen molar-refractivity contribution in [2.45, 2.75) is 18.8 Å². The van der Waals surface area contributed by atoms with E-state index in [1.165, 1.54) is 21.2 Å². The normalized spacial score (nSPS) is 20.1. The third kappa shape index (κ3) is 5.65. The molecule has 34 heavy (non-hydrogen) atoms. The minimum absolute atomic E-state index is 0.0833. The highest BCUT2D eigenvalue weighted by molar-refractivity contribution is 7.73. The molecule has 0 saturated carbocycles. The topological polar surface area (TPSA) is 18.5 Å². The Kier molecular flexibility index (Phi) is 7.53. The second kappa shape index (κ2) is 10.9. The zero-order chi connectivity index (χ0) is 23.2. The van der Waals surface area contributed by atoms with Crippen LogP contribution in [0.2, 0.25) is 0 Å². The smallest absolute Gasteiger partial charge is 0.170 e. The van der Waals surface area contributed by atoms with Gasteiger partial charge in [0.1, 0.15) is 0 Å². The fraction of sp³-hybridized carbons (Fsp3) is 0.200. The third-order valence-corrected chi connectivity index (χ3v) is 11.4. The Labute approximate surface area is 205 Å². The SMILES string of the molecule is C[C@@]1(CP(c2ccccc2)c2ccccc2)OC[C@H](CP(c2ccccc2)c2ccccc2)O1. The van der Waals surface area contributed by atoms with E-state index in [4.69, 9.17) is 9.47 Å². The number of ether oxygens (including phenoxy) is 2. The Hall–Kier alpha value is -2.34. The standard InChI is InChI=1S/C30H30O2P2/c1-30(24-34(28-18-10-4-11-19-28)29-20-12-5-13-21-29)31-22-25(32-30)23-33(26-14-6-2-7-15-26)27-16-8-3-9-17-27/h2-21,25H,22-24H2,1H3/t25-,30-/m1/s1. The van der Waals surface area contributed by atoms with Gasteiger partial charge in [-0.15, -0.1) is 0 Å². The molecule has 0 N–H and O–H groups in total. The van der Waals surface area contributed by atoms with Crippen LogP contribution in [0, 0.1) is 0 Å². The van der Waals surface area contributed by atoms with Gasteiger partial charge in [-0.3, -0.25) is 0 Å². The maximum absolute atomic E-state index is 6.71. The van der Waals surface area contributed by atoms with Gasteiger partial charge in [-0.25, -0.2) is 0 Å². The number of hydrogen-bond donors (Lipinski definition) is 0. The lowest BCUT2D eigenvalue weighted by molar-refractivity contribution is -0.132. The maximum atomic E-state index is 6.71. The van der Waals surface area contributed by atoms with Crippen LogP contribution in [-0.4, -0.2) is 30.8 Å². The van der Waals surface area contributed by atoms with Gasteiger partial charge in [-0.1, -0.05) is 121 Å². The number of hydrogen-bond acceptors (Lipinski definition) is 2. The highest BCUT2D eigenvalue weighted by Gasteiger charge is 2.40. The second-order valence-electron chi connectivity index (χ2n) is 8.72. The number of benzene rings is 4. The predicted molar refractivity (Wildman–Crippen MR) is 147 cm³/mol. The van der Waals surface area contributed by atoms with Crippen molar-refractivity contribution in [1.29, 1.82) is 0 Å². The van der Waals surface area contributed by atoms with Crippen LogP contribution in [-0.2, 0) is 9.47 Å². The molecule has 5 rings (SSSR count). The monoisotopic (exact) mass is 484 g/mol. The van der Waals surface area contributed by atoms with Crippen LogP contribution < -0.4 is 21.2 Å². The molecule has 172 valence electrons. The van der Waals surface area contributed by atoms with Crippen molar-refractivity contribution in [2.24, 2.45) is 0 Å². The summed E-state index contributed by atoms with van der Waals surface area (Å²) in [6.07, 6.45) is 1.90. The van der Waals surface area contributed by atoms with Crippen molar-refractivity contribution >= 4 is 37.1 Å². The average Bonchev–Trinajstić information content (AvgIpc) is 3.28. The molecular formula is C30H30O2P2. The molecule has 1 heterocycles. The summed E-state index contributed by atoms with van der Waals surface area (Å²) < 4.78 is 13.1. The highest BCUT2D eigenvalue weighted by atomic mass is 31.1. The fourth-order valence-corrected chi connectivity index (χ4v) is 9.32. The summed E-state index contributed by atoms with van der Waals surface area (Å²) in [5, 5.41) is 5.49. The molecule has 1 aliphatic heterocycles. The molecule has 0 amide bonds. The van der Waals surface area contributed by atoms with Crippen LogP contribution in [0.4, 0.5) is 0 Å². The van der Waals surface area contributed by atoms with Crippen molar-refractivity contribution in [1.82, 2.24) is 0 Å². The second-order valence-corrected chi connectivity index (χ2v) is 13.2. The highest BCUT2D eigenvalue weighted by Crippen LogP contribution is 2.43. The molecule has 4 aromatic carbocycles.